The number of alkyl halides is 3. The Morgan fingerprint density at radius 3 is 2.50 bits per heavy atom. The van der Waals surface area contributed by atoms with Crippen LogP contribution >= 0.6 is 0 Å². The van der Waals surface area contributed by atoms with Gasteiger partial charge in [-0.1, -0.05) is 26.0 Å². The van der Waals surface area contributed by atoms with Crippen LogP contribution in [0, 0.1) is 5.92 Å². The first-order valence-corrected chi connectivity index (χ1v) is 7.83. The van der Waals surface area contributed by atoms with Gasteiger partial charge in [-0.05, 0) is 43.4 Å². The van der Waals surface area contributed by atoms with Crippen molar-refractivity contribution in [2.24, 2.45) is 5.92 Å². The van der Waals surface area contributed by atoms with Crippen molar-refractivity contribution >= 4 is 11.9 Å². The molecule has 1 aliphatic rings. The molecule has 1 atom stereocenters. The lowest BCUT2D eigenvalue weighted by Crippen LogP contribution is -2.44. The summed E-state index contributed by atoms with van der Waals surface area (Å²) in [5.74, 6) is -0.0189. The second-order valence-corrected chi connectivity index (χ2v) is 6.78. The fourth-order valence-corrected chi connectivity index (χ4v) is 2.67. The van der Waals surface area contributed by atoms with Crippen LogP contribution in [0.15, 0.2) is 24.3 Å². The normalized spacial score (nSPS) is 21.5. The van der Waals surface area contributed by atoms with Crippen molar-refractivity contribution < 1.29 is 22.8 Å². The van der Waals surface area contributed by atoms with Crippen molar-refractivity contribution in [3.05, 3.63) is 35.4 Å². The largest absolute Gasteiger partial charge is 0.416 e. The predicted molar refractivity (Wildman–Crippen MR) is 83.0 cm³/mol. The zero-order chi connectivity index (χ0) is 18.1. The van der Waals surface area contributed by atoms with E-state index in [-0.39, 0.29) is 12.1 Å². The van der Waals surface area contributed by atoms with Crippen LogP contribution in [0.25, 0.3) is 0 Å². The number of rotatable bonds is 5. The Morgan fingerprint density at radius 1 is 1.25 bits per heavy atom. The lowest BCUT2D eigenvalue weighted by molar-refractivity contribution is -0.137. The molecule has 2 rings (SSSR count). The van der Waals surface area contributed by atoms with Gasteiger partial charge >= 0.3 is 12.2 Å². The van der Waals surface area contributed by atoms with Crippen molar-refractivity contribution in [1.82, 2.24) is 10.2 Å². The number of hydrogen-bond donors (Lipinski definition) is 1. The molecule has 0 saturated carbocycles. The summed E-state index contributed by atoms with van der Waals surface area (Å²) in [6.45, 7) is 5.52. The third-order valence-corrected chi connectivity index (χ3v) is 4.16. The SMILES string of the molecule is CC(C)CCC1(C)NC(=O)N(Cc2cccc(C(F)(F)F)c2)C1=O. The van der Waals surface area contributed by atoms with Gasteiger partial charge in [0.2, 0.25) is 0 Å². The van der Waals surface area contributed by atoms with Gasteiger partial charge in [-0.15, -0.1) is 0 Å². The Labute approximate surface area is 139 Å². The first-order valence-electron chi connectivity index (χ1n) is 7.83. The Bertz CT molecular complexity index is 643. The monoisotopic (exact) mass is 342 g/mol. The molecule has 1 aliphatic heterocycles. The zero-order valence-corrected chi connectivity index (χ0v) is 13.9. The number of carbonyl (C=O) groups excluding carboxylic acids is 2. The van der Waals surface area contributed by atoms with Crippen LogP contribution in [-0.4, -0.2) is 22.4 Å². The van der Waals surface area contributed by atoms with Gasteiger partial charge in [-0.25, -0.2) is 4.79 Å². The van der Waals surface area contributed by atoms with Gasteiger partial charge in [0.15, 0.2) is 0 Å². The molecule has 132 valence electrons. The molecule has 1 saturated heterocycles. The first-order chi connectivity index (χ1) is 11.0. The van der Waals surface area contributed by atoms with E-state index >= 15 is 0 Å². The maximum Gasteiger partial charge on any atom is 0.416 e. The maximum absolute atomic E-state index is 12.8. The van der Waals surface area contributed by atoms with Gasteiger partial charge < -0.3 is 5.32 Å². The van der Waals surface area contributed by atoms with E-state index in [0.717, 1.165) is 23.5 Å². The van der Waals surface area contributed by atoms with Gasteiger partial charge in [0.25, 0.3) is 5.91 Å². The van der Waals surface area contributed by atoms with Crippen molar-refractivity contribution in [3.8, 4) is 0 Å². The van der Waals surface area contributed by atoms with Gasteiger partial charge in [-0.2, -0.15) is 13.2 Å². The van der Waals surface area contributed by atoms with Crippen LogP contribution in [0.5, 0.6) is 0 Å². The molecule has 1 aromatic carbocycles. The van der Waals surface area contributed by atoms with Gasteiger partial charge in [0.1, 0.15) is 5.54 Å². The summed E-state index contributed by atoms with van der Waals surface area (Å²) in [6.07, 6.45) is -3.20. The molecular weight excluding hydrogens is 321 g/mol. The highest BCUT2D eigenvalue weighted by atomic mass is 19.4. The number of halogens is 3. The van der Waals surface area contributed by atoms with E-state index in [0.29, 0.717) is 12.3 Å². The molecule has 0 aliphatic carbocycles. The van der Waals surface area contributed by atoms with Crippen molar-refractivity contribution in [2.45, 2.75) is 51.9 Å². The van der Waals surface area contributed by atoms with Crippen LogP contribution in [0.1, 0.15) is 44.7 Å². The molecule has 1 heterocycles. The predicted octanol–water partition coefficient (Wildman–Crippen LogP) is 3.95. The standard InChI is InChI=1S/C17H21F3N2O2/c1-11(2)7-8-16(3)14(23)22(15(24)21-16)10-12-5-4-6-13(9-12)17(18,19)20/h4-6,9,11H,7-8,10H2,1-3H3,(H,21,24). The number of benzene rings is 1. The average Bonchev–Trinajstić information content (AvgIpc) is 2.69. The number of imide groups is 1. The van der Waals surface area contributed by atoms with Crippen LogP contribution in [0.3, 0.4) is 0 Å². The molecule has 0 aromatic heterocycles. The second-order valence-electron chi connectivity index (χ2n) is 6.78. The second kappa shape index (κ2) is 6.45. The van der Waals surface area contributed by atoms with E-state index in [9.17, 15) is 22.8 Å². The molecule has 24 heavy (non-hydrogen) atoms. The summed E-state index contributed by atoms with van der Waals surface area (Å²) in [6, 6.07) is 4.10. The molecule has 1 fully saturated rings. The lowest BCUT2D eigenvalue weighted by Gasteiger charge is -2.22. The summed E-state index contributed by atoms with van der Waals surface area (Å²) in [5, 5.41) is 2.67. The van der Waals surface area contributed by atoms with E-state index in [2.05, 4.69) is 5.32 Å². The quantitative estimate of drug-likeness (QED) is 0.824. The minimum absolute atomic E-state index is 0.175. The maximum atomic E-state index is 12.8. The number of amides is 3. The minimum Gasteiger partial charge on any atom is -0.323 e. The fraction of sp³-hybridized carbons (Fsp3) is 0.529. The van der Waals surface area contributed by atoms with E-state index in [4.69, 9.17) is 0 Å². The molecular formula is C17H21F3N2O2. The number of carbonyl (C=O) groups is 2. The Kier molecular flexibility index (Phi) is 4.92. The molecule has 0 radical (unpaired) electrons. The number of nitrogens with one attached hydrogen (secondary N) is 1. The van der Waals surface area contributed by atoms with Crippen molar-refractivity contribution in [2.75, 3.05) is 0 Å². The highest BCUT2D eigenvalue weighted by Gasteiger charge is 2.47. The number of nitrogens with zero attached hydrogens (tertiary/aromatic N) is 1. The summed E-state index contributed by atoms with van der Waals surface area (Å²) in [5.41, 5.74) is -1.53. The lowest BCUT2D eigenvalue weighted by atomic mass is 9.92. The van der Waals surface area contributed by atoms with E-state index in [1.807, 2.05) is 13.8 Å². The third kappa shape index (κ3) is 3.88. The molecule has 0 spiro atoms. The van der Waals surface area contributed by atoms with E-state index in [1.54, 1.807) is 6.92 Å². The summed E-state index contributed by atoms with van der Waals surface area (Å²) >= 11 is 0. The van der Waals surface area contributed by atoms with Crippen LogP contribution in [0.2, 0.25) is 0 Å². The molecule has 1 unspecified atom stereocenters. The summed E-state index contributed by atoms with van der Waals surface area (Å²) in [7, 11) is 0. The first kappa shape index (κ1) is 18.3. The molecule has 0 bridgehead atoms. The van der Waals surface area contributed by atoms with E-state index in [1.165, 1.54) is 12.1 Å². The van der Waals surface area contributed by atoms with Crippen LogP contribution < -0.4 is 5.32 Å². The van der Waals surface area contributed by atoms with Crippen LogP contribution in [-0.2, 0) is 17.5 Å². The topological polar surface area (TPSA) is 49.4 Å². The summed E-state index contributed by atoms with van der Waals surface area (Å²) in [4.78, 5) is 25.6. The van der Waals surface area contributed by atoms with Crippen molar-refractivity contribution in [1.29, 1.82) is 0 Å². The summed E-state index contributed by atoms with van der Waals surface area (Å²) < 4.78 is 38.3. The minimum atomic E-state index is -4.46. The molecule has 4 nitrogen and oxygen atoms in total. The van der Waals surface area contributed by atoms with Gasteiger partial charge in [0, 0.05) is 0 Å². The smallest absolute Gasteiger partial charge is 0.323 e. The van der Waals surface area contributed by atoms with Gasteiger partial charge in [-0.3, -0.25) is 9.69 Å². The highest BCUT2D eigenvalue weighted by Crippen LogP contribution is 2.31. The molecule has 1 N–H and O–H groups in total. The highest BCUT2D eigenvalue weighted by molar-refractivity contribution is 6.06. The number of hydrogen-bond acceptors (Lipinski definition) is 2. The molecule has 1 aromatic rings. The zero-order valence-electron chi connectivity index (χ0n) is 13.9. The number of urea groups is 1. The van der Waals surface area contributed by atoms with Crippen LogP contribution in [0.4, 0.5) is 18.0 Å². The third-order valence-electron chi connectivity index (χ3n) is 4.16. The van der Waals surface area contributed by atoms with E-state index < -0.39 is 29.2 Å². The van der Waals surface area contributed by atoms with Gasteiger partial charge in [0.05, 0.1) is 12.1 Å². The Morgan fingerprint density at radius 2 is 1.92 bits per heavy atom. The Balaban J connectivity index is 2.16. The Hall–Kier alpha value is -2.05. The molecule has 3 amide bonds. The average molecular weight is 342 g/mol. The molecule has 7 heteroatoms. The van der Waals surface area contributed by atoms with Crippen molar-refractivity contribution in [3.63, 3.8) is 0 Å². The fourth-order valence-electron chi connectivity index (χ4n) is 2.67.